The molecule has 0 radical (unpaired) electrons. The molecule has 2 nitrogen and oxygen atoms in total. The zero-order valence-electron chi connectivity index (χ0n) is 13.0. The van der Waals surface area contributed by atoms with E-state index >= 15 is 0 Å². The number of aryl methyl sites for hydroxylation is 1. The maximum atomic E-state index is 6.14. The van der Waals surface area contributed by atoms with Gasteiger partial charge < -0.3 is 10.6 Å². The number of nitrogens with two attached hydrogens (primary N) is 1. The van der Waals surface area contributed by atoms with Gasteiger partial charge in [0.1, 0.15) is 0 Å². The third-order valence-corrected chi connectivity index (χ3v) is 3.63. The van der Waals surface area contributed by atoms with Gasteiger partial charge in [0.25, 0.3) is 0 Å². The van der Waals surface area contributed by atoms with Crippen molar-refractivity contribution in [3.8, 4) is 0 Å². The first-order chi connectivity index (χ1) is 9.02. The van der Waals surface area contributed by atoms with Crippen molar-refractivity contribution in [2.75, 3.05) is 20.6 Å². The molecule has 0 aromatic heterocycles. The summed E-state index contributed by atoms with van der Waals surface area (Å²) in [6.45, 7) is 5.52. The second kappa shape index (κ2) is 8.34. The van der Waals surface area contributed by atoms with E-state index in [-0.39, 0.29) is 6.04 Å². The highest BCUT2D eigenvalue weighted by Gasteiger charge is 2.10. The first-order valence-corrected chi connectivity index (χ1v) is 7.52. The standard InChI is InChI=1S/C17H30N2/c1-5-7-15-8-6-9-16(12-15)14(2)10-11-17(18)13-19(3)4/h6,8-9,12,14,17H,5,7,10-11,13,18H2,1-4H3. The van der Waals surface area contributed by atoms with Crippen LogP contribution in [0, 0.1) is 0 Å². The van der Waals surface area contributed by atoms with Crippen LogP contribution in [0.5, 0.6) is 0 Å². The molecule has 0 saturated carbocycles. The van der Waals surface area contributed by atoms with Gasteiger partial charge in [-0.3, -0.25) is 0 Å². The van der Waals surface area contributed by atoms with Gasteiger partial charge in [-0.2, -0.15) is 0 Å². The first-order valence-electron chi connectivity index (χ1n) is 7.52. The van der Waals surface area contributed by atoms with Gasteiger partial charge >= 0.3 is 0 Å². The molecule has 0 bridgehead atoms. The minimum Gasteiger partial charge on any atom is -0.327 e. The summed E-state index contributed by atoms with van der Waals surface area (Å²) in [5.41, 5.74) is 9.06. The van der Waals surface area contributed by atoms with Gasteiger partial charge in [0.2, 0.25) is 0 Å². The summed E-state index contributed by atoms with van der Waals surface area (Å²) in [5, 5.41) is 0. The summed E-state index contributed by atoms with van der Waals surface area (Å²) >= 11 is 0. The van der Waals surface area contributed by atoms with Gasteiger partial charge in [0, 0.05) is 12.6 Å². The minimum absolute atomic E-state index is 0.288. The van der Waals surface area contributed by atoms with Crippen LogP contribution in [0.1, 0.15) is 50.2 Å². The van der Waals surface area contributed by atoms with E-state index in [2.05, 4.69) is 57.1 Å². The quantitative estimate of drug-likeness (QED) is 0.778. The Hall–Kier alpha value is -0.860. The molecule has 0 heterocycles. The Labute approximate surface area is 119 Å². The maximum absolute atomic E-state index is 6.14. The zero-order valence-corrected chi connectivity index (χ0v) is 13.0. The summed E-state index contributed by atoms with van der Waals surface area (Å²) in [4.78, 5) is 2.16. The Balaban J connectivity index is 2.48. The van der Waals surface area contributed by atoms with Gasteiger partial charge in [-0.05, 0) is 50.4 Å². The Bertz CT molecular complexity index is 360. The molecular formula is C17H30N2. The van der Waals surface area contributed by atoms with E-state index in [1.807, 2.05) is 0 Å². The van der Waals surface area contributed by atoms with Crippen LogP contribution in [-0.2, 0) is 6.42 Å². The molecule has 1 aromatic rings. The topological polar surface area (TPSA) is 29.3 Å². The van der Waals surface area contributed by atoms with Gasteiger partial charge in [0.15, 0.2) is 0 Å². The normalized spacial score (nSPS) is 14.6. The Morgan fingerprint density at radius 2 is 1.95 bits per heavy atom. The monoisotopic (exact) mass is 262 g/mol. The van der Waals surface area contributed by atoms with E-state index in [0.29, 0.717) is 5.92 Å². The van der Waals surface area contributed by atoms with Crippen molar-refractivity contribution in [1.29, 1.82) is 0 Å². The van der Waals surface area contributed by atoms with E-state index in [9.17, 15) is 0 Å². The summed E-state index contributed by atoms with van der Waals surface area (Å²) in [6.07, 6.45) is 4.66. The van der Waals surface area contributed by atoms with Crippen LogP contribution in [0.15, 0.2) is 24.3 Å². The highest BCUT2D eigenvalue weighted by Crippen LogP contribution is 2.22. The molecule has 2 atom stereocenters. The van der Waals surface area contributed by atoms with Crippen molar-refractivity contribution < 1.29 is 0 Å². The number of nitrogens with zero attached hydrogens (tertiary/aromatic N) is 1. The van der Waals surface area contributed by atoms with E-state index in [1.165, 1.54) is 30.4 Å². The fourth-order valence-corrected chi connectivity index (χ4v) is 2.53. The average Bonchev–Trinajstić information content (AvgIpc) is 2.36. The van der Waals surface area contributed by atoms with Gasteiger partial charge in [0.05, 0.1) is 0 Å². The van der Waals surface area contributed by atoms with Crippen molar-refractivity contribution in [3.05, 3.63) is 35.4 Å². The lowest BCUT2D eigenvalue weighted by Crippen LogP contribution is -2.33. The predicted octanol–water partition coefficient (Wildman–Crippen LogP) is 3.41. The fourth-order valence-electron chi connectivity index (χ4n) is 2.53. The predicted molar refractivity (Wildman–Crippen MR) is 84.6 cm³/mol. The van der Waals surface area contributed by atoms with E-state index in [4.69, 9.17) is 5.73 Å². The van der Waals surface area contributed by atoms with Crippen molar-refractivity contribution in [1.82, 2.24) is 4.90 Å². The van der Waals surface area contributed by atoms with Crippen molar-refractivity contribution in [2.45, 2.75) is 51.5 Å². The molecule has 0 aliphatic heterocycles. The van der Waals surface area contributed by atoms with E-state index in [0.717, 1.165) is 13.0 Å². The molecule has 0 amide bonds. The highest BCUT2D eigenvalue weighted by atomic mass is 15.1. The van der Waals surface area contributed by atoms with Crippen molar-refractivity contribution in [3.63, 3.8) is 0 Å². The second-order valence-electron chi connectivity index (χ2n) is 6.00. The first kappa shape index (κ1) is 16.2. The number of benzene rings is 1. The third kappa shape index (κ3) is 6.22. The highest BCUT2D eigenvalue weighted by molar-refractivity contribution is 5.26. The Kier molecular flexibility index (Phi) is 7.11. The summed E-state index contributed by atoms with van der Waals surface area (Å²) in [5.74, 6) is 0.602. The molecule has 0 saturated heterocycles. The molecule has 0 aliphatic carbocycles. The maximum Gasteiger partial charge on any atom is 0.0167 e. The lowest BCUT2D eigenvalue weighted by Gasteiger charge is -2.19. The largest absolute Gasteiger partial charge is 0.327 e. The molecule has 1 rings (SSSR count). The van der Waals surface area contributed by atoms with Crippen molar-refractivity contribution >= 4 is 0 Å². The lowest BCUT2D eigenvalue weighted by molar-refractivity contribution is 0.356. The molecule has 2 N–H and O–H groups in total. The van der Waals surface area contributed by atoms with Crippen LogP contribution < -0.4 is 5.73 Å². The SMILES string of the molecule is CCCc1cccc(C(C)CCC(N)CN(C)C)c1. The van der Waals surface area contributed by atoms with Gasteiger partial charge in [-0.1, -0.05) is 44.5 Å². The molecule has 1 aromatic carbocycles. The molecule has 0 fully saturated rings. The molecule has 19 heavy (non-hydrogen) atoms. The van der Waals surface area contributed by atoms with Crippen LogP contribution >= 0.6 is 0 Å². The number of likely N-dealkylation sites (N-methyl/N-ethyl adjacent to an activating group) is 1. The van der Waals surface area contributed by atoms with Crippen molar-refractivity contribution in [2.24, 2.45) is 5.73 Å². The Morgan fingerprint density at radius 1 is 1.21 bits per heavy atom. The lowest BCUT2D eigenvalue weighted by atomic mass is 9.92. The van der Waals surface area contributed by atoms with Crippen LogP contribution in [0.4, 0.5) is 0 Å². The minimum atomic E-state index is 0.288. The Morgan fingerprint density at radius 3 is 2.58 bits per heavy atom. The van der Waals surface area contributed by atoms with Crippen LogP contribution in [-0.4, -0.2) is 31.6 Å². The summed E-state index contributed by atoms with van der Waals surface area (Å²) in [7, 11) is 4.16. The molecule has 2 heteroatoms. The van der Waals surface area contributed by atoms with Crippen LogP contribution in [0.3, 0.4) is 0 Å². The fraction of sp³-hybridized carbons (Fsp3) is 0.647. The third-order valence-electron chi connectivity index (χ3n) is 3.63. The number of hydrogen-bond donors (Lipinski definition) is 1. The molecular weight excluding hydrogens is 232 g/mol. The van der Waals surface area contributed by atoms with E-state index < -0.39 is 0 Å². The number of rotatable bonds is 8. The average molecular weight is 262 g/mol. The summed E-state index contributed by atoms with van der Waals surface area (Å²) < 4.78 is 0. The molecule has 0 aliphatic rings. The van der Waals surface area contributed by atoms with E-state index in [1.54, 1.807) is 0 Å². The van der Waals surface area contributed by atoms with Gasteiger partial charge in [-0.25, -0.2) is 0 Å². The second-order valence-corrected chi connectivity index (χ2v) is 6.00. The summed E-state index contributed by atoms with van der Waals surface area (Å²) in [6, 6.07) is 9.33. The molecule has 2 unspecified atom stereocenters. The molecule has 108 valence electrons. The van der Waals surface area contributed by atoms with Crippen LogP contribution in [0.2, 0.25) is 0 Å². The molecule has 0 spiro atoms. The zero-order chi connectivity index (χ0) is 14.3. The smallest absolute Gasteiger partial charge is 0.0167 e. The van der Waals surface area contributed by atoms with Crippen LogP contribution in [0.25, 0.3) is 0 Å². The van der Waals surface area contributed by atoms with Gasteiger partial charge in [-0.15, -0.1) is 0 Å². The number of hydrogen-bond acceptors (Lipinski definition) is 2.